The molecule has 0 spiro atoms. The highest BCUT2D eigenvalue weighted by Gasteiger charge is 2.18. The van der Waals surface area contributed by atoms with E-state index in [1.165, 1.54) is 24.8 Å². The molecule has 1 aromatic rings. The number of halogens is 1. The first kappa shape index (κ1) is 18.2. The summed E-state index contributed by atoms with van der Waals surface area (Å²) in [7, 11) is 0. The molecule has 0 radical (unpaired) electrons. The van der Waals surface area contributed by atoms with Crippen LogP contribution in [0.25, 0.3) is 0 Å². The Morgan fingerprint density at radius 2 is 2.24 bits per heavy atom. The fourth-order valence-electron chi connectivity index (χ4n) is 2.49. The standard InChI is InChI=1S/C16H26N4.HI/c1-12(2)15(14-7-4-8-18-10-14)11-20-16(17)19-9-13-5-3-6-13;/h4,7-8,10,12-13,15H,3,5-6,9,11H2,1-2H3,(H3,17,19,20);1H. The van der Waals surface area contributed by atoms with Crippen LogP contribution >= 0.6 is 24.0 Å². The molecule has 0 saturated heterocycles. The predicted octanol–water partition coefficient (Wildman–Crippen LogP) is 3.14. The summed E-state index contributed by atoms with van der Waals surface area (Å²) in [5.41, 5.74) is 7.18. The maximum Gasteiger partial charge on any atom is 0.188 e. The van der Waals surface area contributed by atoms with Gasteiger partial charge in [-0.2, -0.15) is 0 Å². The first-order valence-corrected chi connectivity index (χ1v) is 7.60. The van der Waals surface area contributed by atoms with Crippen molar-refractivity contribution in [2.75, 3.05) is 13.1 Å². The number of nitrogens with two attached hydrogens (primary N) is 1. The molecule has 1 saturated carbocycles. The van der Waals surface area contributed by atoms with Crippen molar-refractivity contribution in [1.29, 1.82) is 0 Å². The van der Waals surface area contributed by atoms with Crippen molar-refractivity contribution in [3.8, 4) is 0 Å². The summed E-state index contributed by atoms with van der Waals surface area (Å²) < 4.78 is 0. The van der Waals surface area contributed by atoms with E-state index in [1.54, 1.807) is 6.20 Å². The van der Waals surface area contributed by atoms with Crippen molar-refractivity contribution in [3.63, 3.8) is 0 Å². The van der Waals surface area contributed by atoms with E-state index in [-0.39, 0.29) is 24.0 Å². The number of hydrogen-bond donors (Lipinski definition) is 2. The summed E-state index contributed by atoms with van der Waals surface area (Å²) in [5, 5.41) is 3.24. The van der Waals surface area contributed by atoms with Gasteiger partial charge in [0, 0.05) is 31.4 Å². The van der Waals surface area contributed by atoms with Gasteiger partial charge in [0.2, 0.25) is 0 Å². The van der Waals surface area contributed by atoms with Gasteiger partial charge in [-0.25, -0.2) is 0 Å². The Morgan fingerprint density at radius 3 is 2.76 bits per heavy atom. The average molecular weight is 402 g/mol. The summed E-state index contributed by atoms with van der Waals surface area (Å²) in [4.78, 5) is 8.71. The van der Waals surface area contributed by atoms with Gasteiger partial charge < -0.3 is 11.1 Å². The predicted molar refractivity (Wildman–Crippen MR) is 99.1 cm³/mol. The molecular formula is C16H27IN4. The molecule has 0 bridgehead atoms. The molecular weight excluding hydrogens is 375 g/mol. The van der Waals surface area contributed by atoms with E-state index < -0.39 is 0 Å². The Morgan fingerprint density at radius 1 is 1.48 bits per heavy atom. The monoisotopic (exact) mass is 402 g/mol. The van der Waals surface area contributed by atoms with Crippen LogP contribution in [-0.4, -0.2) is 24.0 Å². The van der Waals surface area contributed by atoms with Gasteiger partial charge in [0.05, 0.1) is 0 Å². The maximum absolute atomic E-state index is 5.95. The van der Waals surface area contributed by atoms with Crippen molar-refractivity contribution in [3.05, 3.63) is 30.1 Å². The second kappa shape index (κ2) is 9.23. The van der Waals surface area contributed by atoms with Gasteiger partial charge >= 0.3 is 0 Å². The van der Waals surface area contributed by atoms with Crippen LogP contribution in [0.2, 0.25) is 0 Å². The molecule has 1 unspecified atom stereocenters. The number of nitrogens with zero attached hydrogens (tertiary/aromatic N) is 2. The smallest absolute Gasteiger partial charge is 0.188 e. The molecule has 0 amide bonds. The lowest BCUT2D eigenvalue weighted by Gasteiger charge is -2.25. The zero-order chi connectivity index (χ0) is 14.4. The second-order valence-electron chi connectivity index (χ2n) is 6.04. The minimum atomic E-state index is 0. The van der Waals surface area contributed by atoms with Gasteiger partial charge in [-0.1, -0.05) is 26.3 Å². The number of hydrogen-bond acceptors (Lipinski definition) is 2. The lowest BCUT2D eigenvalue weighted by Crippen LogP contribution is -2.37. The SMILES string of the molecule is CC(C)C(CN=C(N)NCC1CCC1)c1cccnc1.I. The van der Waals surface area contributed by atoms with E-state index in [4.69, 9.17) is 5.73 Å². The van der Waals surface area contributed by atoms with E-state index in [9.17, 15) is 0 Å². The second-order valence-corrected chi connectivity index (χ2v) is 6.04. The summed E-state index contributed by atoms with van der Waals surface area (Å²) in [6.45, 7) is 6.11. The Hall–Kier alpha value is -0.850. The zero-order valence-electron chi connectivity index (χ0n) is 13.0. The van der Waals surface area contributed by atoms with Gasteiger partial charge in [0.25, 0.3) is 0 Å². The molecule has 21 heavy (non-hydrogen) atoms. The van der Waals surface area contributed by atoms with E-state index in [0.29, 0.717) is 24.3 Å². The molecule has 1 aromatic heterocycles. The molecule has 0 aliphatic heterocycles. The van der Waals surface area contributed by atoms with Crippen LogP contribution in [0.4, 0.5) is 0 Å². The van der Waals surface area contributed by atoms with Crippen molar-refractivity contribution < 1.29 is 0 Å². The van der Waals surface area contributed by atoms with Crippen LogP contribution in [0.5, 0.6) is 0 Å². The molecule has 3 N–H and O–H groups in total. The minimum absolute atomic E-state index is 0. The van der Waals surface area contributed by atoms with Crippen LogP contribution < -0.4 is 11.1 Å². The van der Waals surface area contributed by atoms with E-state index >= 15 is 0 Å². The van der Waals surface area contributed by atoms with Crippen LogP contribution in [0, 0.1) is 11.8 Å². The van der Waals surface area contributed by atoms with Crippen LogP contribution in [0.15, 0.2) is 29.5 Å². The quantitative estimate of drug-likeness (QED) is 0.437. The third kappa shape index (κ3) is 5.80. The largest absolute Gasteiger partial charge is 0.370 e. The highest BCUT2D eigenvalue weighted by Crippen LogP contribution is 2.25. The highest BCUT2D eigenvalue weighted by atomic mass is 127. The lowest BCUT2D eigenvalue weighted by atomic mass is 9.85. The third-order valence-electron chi connectivity index (χ3n) is 4.17. The Bertz CT molecular complexity index is 429. The van der Waals surface area contributed by atoms with Crippen molar-refractivity contribution in [1.82, 2.24) is 10.3 Å². The first-order chi connectivity index (χ1) is 9.66. The topological polar surface area (TPSA) is 63.3 Å². The van der Waals surface area contributed by atoms with Gasteiger partial charge in [-0.05, 0) is 36.3 Å². The summed E-state index contributed by atoms with van der Waals surface area (Å²) >= 11 is 0. The number of rotatable bonds is 6. The number of aromatic nitrogens is 1. The fraction of sp³-hybridized carbons (Fsp3) is 0.625. The summed E-state index contributed by atoms with van der Waals surface area (Å²) in [6.07, 6.45) is 7.74. The van der Waals surface area contributed by atoms with Crippen molar-refractivity contribution >= 4 is 29.9 Å². The van der Waals surface area contributed by atoms with Crippen LogP contribution in [0.1, 0.15) is 44.6 Å². The fourth-order valence-corrected chi connectivity index (χ4v) is 2.49. The number of aliphatic imine (C=N–C) groups is 1. The van der Waals surface area contributed by atoms with Gasteiger partial charge in [-0.3, -0.25) is 9.98 Å². The number of nitrogens with one attached hydrogen (secondary N) is 1. The van der Waals surface area contributed by atoms with Crippen LogP contribution in [-0.2, 0) is 0 Å². The molecule has 1 fully saturated rings. The Labute approximate surface area is 145 Å². The minimum Gasteiger partial charge on any atom is -0.370 e. The molecule has 1 aliphatic carbocycles. The van der Waals surface area contributed by atoms with Crippen molar-refractivity contribution in [2.45, 2.75) is 39.0 Å². The summed E-state index contributed by atoms with van der Waals surface area (Å²) in [5.74, 6) is 2.25. The van der Waals surface area contributed by atoms with E-state index in [2.05, 4.69) is 35.2 Å². The number of guanidine groups is 1. The molecule has 4 nitrogen and oxygen atoms in total. The molecule has 1 atom stereocenters. The third-order valence-corrected chi connectivity index (χ3v) is 4.17. The Balaban J connectivity index is 0.00000220. The molecule has 1 aliphatic rings. The normalized spacial score (nSPS) is 17.0. The van der Waals surface area contributed by atoms with Gasteiger partial charge in [0.1, 0.15) is 0 Å². The zero-order valence-corrected chi connectivity index (χ0v) is 15.3. The molecule has 118 valence electrons. The van der Waals surface area contributed by atoms with Gasteiger partial charge in [0.15, 0.2) is 5.96 Å². The lowest BCUT2D eigenvalue weighted by molar-refractivity contribution is 0.315. The molecule has 0 aromatic carbocycles. The molecule has 2 rings (SSSR count). The first-order valence-electron chi connectivity index (χ1n) is 7.60. The summed E-state index contributed by atoms with van der Waals surface area (Å²) in [6, 6.07) is 4.10. The highest BCUT2D eigenvalue weighted by molar-refractivity contribution is 14.0. The number of pyridine rings is 1. The van der Waals surface area contributed by atoms with Crippen LogP contribution in [0.3, 0.4) is 0 Å². The van der Waals surface area contributed by atoms with Crippen molar-refractivity contribution in [2.24, 2.45) is 22.6 Å². The molecule has 5 heteroatoms. The van der Waals surface area contributed by atoms with E-state index in [0.717, 1.165) is 12.5 Å². The maximum atomic E-state index is 5.95. The Kier molecular flexibility index (Phi) is 8.00. The van der Waals surface area contributed by atoms with E-state index in [1.807, 2.05) is 12.3 Å². The molecule has 1 heterocycles. The van der Waals surface area contributed by atoms with Gasteiger partial charge in [-0.15, -0.1) is 24.0 Å². The average Bonchev–Trinajstić information content (AvgIpc) is 2.38.